The number of hydrogen-bond donors (Lipinski definition) is 1. The van der Waals surface area contributed by atoms with Gasteiger partial charge < -0.3 is 13.3 Å². The maximum atomic E-state index is 5.96. The molecule has 1 atom stereocenters. The summed E-state index contributed by atoms with van der Waals surface area (Å²) in [5.74, 6) is 0. The zero-order valence-electron chi connectivity index (χ0n) is 11.3. The standard InChI is InChI=1S/C11H26O3SSi/c1-7-11(15)16(12-8-2,13-9(3)4)14-10(5)6/h9-11,15H,7-8H2,1-6H3. The summed E-state index contributed by atoms with van der Waals surface area (Å²) in [6, 6.07) is 0. The van der Waals surface area contributed by atoms with Gasteiger partial charge in [0.1, 0.15) is 0 Å². The van der Waals surface area contributed by atoms with E-state index >= 15 is 0 Å². The van der Waals surface area contributed by atoms with Gasteiger partial charge in [-0.25, -0.2) is 0 Å². The summed E-state index contributed by atoms with van der Waals surface area (Å²) < 4.78 is 17.7. The zero-order chi connectivity index (χ0) is 12.8. The Morgan fingerprint density at radius 3 is 1.69 bits per heavy atom. The van der Waals surface area contributed by atoms with E-state index in [1.54, 1.807) is 0 Å². The third-order valence-electron chi connectivity index (χ3n) is 1.94. The van der Waals surface area contributed by atoms with Gasteiger partial charge >= 0.3 is 8.80 Å². The fourth-order valence-corrected chi connectivity index (χ4v) is 4.96. The second kappa shape index (κ2) is 7.71. The van der Waals surface area contributed by atoms with Crippen LogP contribution in [0.2, 0.25) is 0 Å². The fourth-order valence-electron chi connectivity index (χ4n) is 1.46. The summed E-state index contributed by atoms with van der Waals surface area (Å²) in [6.45, 7) is 12.6. The van der Waals surface area contributed by atoms with Crippen molar-refractivity contribution in [3.63, 3.8) is 0 Å². The van der Waals surface area contributed by atoms with Crippen molar-refractivity contribution in [2.24, 2.45) is 0 Å². The Labute approximate surface area is 107 Å². The van der Waals surface area contributed by atoms with Crippen LogP contribution >= 0.6 is 12.6 Å². The fraction of sp³-hybridized carbons (Fsp3) is 1.00. The Morgan fingerprint density at radius 2 is 1.44 bits per heavy atom. The van der Waals surface area contributed by atoms with Gasteiger partial charge in [0.05, 0.1) is 4.87 Å². The van der Waals surface area contributed by atoms with Crippen molar-refractivity contribution in [3.8, 4) is 0 Å². The normalized spacial score (nSPS) is 14.8. The van der Waals surface area contributed by atoms with Gasteiger partial charge in [0.15, 0.2) is 0 Å². The van der Waals surface area contributed by atoms with Crippen LogP contribution in [-0.2, 0) is 13.3 Å². The van der Waals surface area contributed by atoms with Crippen molar-refractivity contribution >= 4 is 21.4 Å². The molecule has 0 saturated heterocycles. The molecule has 0 aromatic carbocycles. The topological polar surface area (TPSA) is 27.7 Å². The highest BCUT2D eigenvalue weighted by Gasteiger charge is 2.48. The summed E-state index contributed by atoms with van der Waals surface area (Å²) in [5, 5.41) is 0. The first kappa shape index (κ1) is 16.4. The summed E-state index contributed by atoms with van der Waals surface area (Å²) >= 11 is 4.58. The first-order valence-electron chi connectivity index (χ1n) is 6.05. The first-order chi connectivity index (χ1) is 7.38. The van der Waals surface area contributed by atoms with Gasteiger partial charge in [0.25, 0.3) is 0 Å². The molecule has 98 valence electrons. The van der Waals surface area contributed by atoms with E-state index in [4.69, 9.17) is 13.3 Å². The number of hydrogen-bond acceptors (Lipinski definition) is 4. The predicted molar refractivity (Wildman–Crippen MR) is 72.9 cm³/mol. The Hall–Kier alpha value is 0.447. The highest BCUT2D eigenvalue weighted by molar-refractivity contribution is 7.83. The van der Waals surface area contributed by atoms with E-state index in [0.29, 0.717) is 6.61 Å². The second-order valence-corrected chi connectivity index (χ2v) is 8.07. The van der Waals surface area contributed by atoms with Crippen molar-refractivity contribution in [3.05, 3.63) is 0 Å². The van der Waals surface area contributed by atoms with Gasteiger partial charge in [-0.1, -0.05) is 6.92 Å². The van der Waals surface area contributed by atoms with E-state index in [0.717, 1.165) is 6.42 Å². The molecule has 1 unspecified atom stereocenters. The molecule has 5 heteroatoms. The summed E-state index contributed by atoms with van der Waals surface area (Å²) in [7, 11) is -2.66. The summed E-state index contributed by atoms with van der Waals surface area (Å²) in [4.78, 5) is 0.0391. The van der Waals surface area contributed by atoms with Crippen LogP contribution in [0.4, 0.5) is 0 Å². The average molecular weight is 266 g/mol. The maximum absolute atomic E-state index is 5.96. The van der Waals surface area contributed by atoms with Crippen LogP contribution < -0.4 is 0 Å². The lowest BCUT2D eigenvalue weighted by Gasteiger charge is -2.36. The lowest BCUT2D eigenvalue weighted by atomic mass is 10.5. The van der Waals surface area contributed by atoms with Gasteiger partial charge in [-0.05, 0) is 41.0 Å². The maximum Gasteiger partial charge on any atom is 0.514 e. The van der Waals surface area contributed by atoms with Crippen LogP contribution in [0.1, 0.15) is 48.0 Å². The van der Waals surface area contributed by atoms with Crippen LogP contribution in [0, 0.1) is 0 Å². The van der Waals surface area contributed by atoms with E-state index in [2.05, 4.69) is 19.6 Å². The lowest BCUT2D eigenvalue weighted by molar-refractivity contribution is 0.0205. The highest BCUT2D eigenvalue weighted by Crippen LogP contribution is 2.25. The van der Waals surface area contributed by atoms with Crippen molar-refractivity contribution in [1.29, 1.82) is 0 Å². The molecule has 0 bridgehead atoms. The summed E-state index contributed by atoms with van der Waals surface area (Å²) in [5.41, 5.74) is 0. The molecule has 3 nitrogen and oxygen atoms in total. The van der Waals surface area contributed by atoms with Crippen LogP contribution in [0.15, 0.2) is 0 Å². The molecule has 0 rings (SSSR count). The second-order valence-electron chi connectivity index (χ2n) is 4.29. The molecule has 0 saturated carbocycles. The molecule has 0 aliphatic carbocycles. The molecule has 0 aromatic rings. The minimum Gasteiger partial charge on any atom is -0.373 e. The SMILES string of the molecule is CCO[Si](OC(C)C)(OC(C)C)C(S)CC. The molecule has 0 amide bonds. The van der Waals surface area contributed by atoms with Gasteiger partial charge in [-0.3, -0.25) is 0 Å². The molecule has 0 spiro atoms. The largest absolute Gasteiger partial charge is 0.514 e. The third-order valence-corrected chi connectivity index (χ3v) is 6.77. The van der Waals surface area contributed by atoms with Gasteiger partial charge in [0, 0.05) is 18.8 Å². The third kappa shape index (κ3) is 5.18. The first-order valence-corrected chi connectivity index (χ1v) is 8.37. The molecule has 0 fully saturated rings. The molecule has 16 heavy (non-hydrogen) atoms. The van der Waals surface area contributed by atoms with Gasteiger partial charge in [-0.2, -0.15) is 12.6 Å². The highest BCUT2D eigenvalue weighted by atomic mass is 32.1. The van der Waals surface area contributed by atoms with Crippen molar-refractivity contribution in [1.82, 2.24) is 0 Å². The van der Waals surface area contributed by atoms with Crippen molar-refractivity contribution in [2.45, 2.75) is 65.0 Å². The van der Waals surface area contributed by atoms with Crippen LogP contribution in [0.25, 0.3) is 0 Å². The van der Waals surface area contributed by atoms with E-state index in [-0.39, 0.29) is 17.1 Å². The predicted octanol–water partition coefficient (Wildman–Crippen LogP) is 3.06. The monoisotopic (exact) mass is 266 g/mol. The Kier molecular flexibility index (Phi) is 7.93. The summed E-state index contributed by atoms with van der Waals surface area (Å²) in [6.07, 6.45) is 1.07. The molecule has 0 aliphatic heterocycles. The van der Waals surface area contributed by atoms with Crippen LogP contribution in [-0.4, -0.2) is 32.5 Å². The Bertz CT molecular complexity index is 178. The van der Waals surface area contributed by atoms with Crippen LogP contribution in [0.3, 0.4) is 0 Å². The quantitative estimate of drug-likeness (QED) is 0.540. The molecule has 0 radical (unpaired) electrons. The minimum absolute atomic E-state index is 0.0391. The number of thiol groups is 1. The molecule has 0 aromatic heterocycles. The van der Waals surface area contributed by atoms with E-state index in [9.17, 15) is 0 Å². The van der Waals surface area contributed by atoms with E-state index < -0.39 is 8.80 Å². The van der Waals surface area contributed by atoms with Crippen molar-refractivity contribution in [2.75, 3.05) is 6.61 Å². The van der Waals surface area contributed by atoms with Gasteiger partial charge in [-0.15, -0.1) is 0 Å². The molecular weight excluding hydrogens is 240 g/mol. The zero-order valence-corrected chi connectivity index (χ0v) is 13.2. The Morgan fingerprint density at radius 1 is 1.00 bits per heavy atom. The van der Waals surface area contributed by atoms with Gasteiger partial charge in [0.2, 0.25) is 0 Å². The van der Waals surface area contributed by atoms with Crippen molar-refractivity contribution < 1.29 is 13.3 Å². The average Bonchev–Trinajstić information content (AvgIpc) is 2.14. The molecule has 0 heterocycles. The lowest BCUT2D eigenvalue weighted by Crippen LogP contribution is -2.56. The van der Waals surface area contributed by atoms with E-state index in [1.807, 2.05) is 34.6 Å². The number of rotatable bonds is 8. The smallest absolute Gasteiger partial charge is 0.373 e. The Balaban J connectivity index is 4.87. The minimum atomic E-state index is -2.66. The van der Waals surface area contributed by atoms with Crippen LogP contribution in [0.5, 0.6) is 0 Å². The van der Waals surface area contributed by atoms with E-state index in [1.165, 1.54) is 0 Å². The molecule has 0 N–H and O–H groups in total. The molecular formula is C11H26O3SSi. The molecule has 0 aliphatic rings.